The third-order valence-corrected chi connectivity index (χ3v) is 24.4. The molecule has 3 aromatic carbocycles. The van der Waals surface area contributed by atoms with Crippen LogP contribution in [0.4, 0.5) is 11.4 Å². The zero-order chi connectivity index (χ0) is 72.0. The van der Waals surface area contributed by atoms with E-state index in [-0.39, 0.29) is 34.7 Å². The molecule has 2 aliphatic heterocycles. The van der Waals surface area contributed by atoms with Gasteiger partial charge in [0.2, 0.25) is 5.69 Å². The predicted octanol–water partition coefficient (Wildman–Crippen LogP) is 15.5. The molecule has 19 nitrogen and oxygen atoms in total. The number of rotatable bonds is 40. The van der Waals surface area contributed by atoms with Gasteiger partial charge in [-0.3, -0.25) is 13.8 Å². The first-order chi connectivity index (χ1) is 45.6. The summed E-state index contributed by atoms with van der Waals surface area (Å²) in [5.74, 6) is -0.236. The maximum Gasteiger partial charge on any atom is 0.264 e. The summed E-state index contributed by atoms with van der Waals surface area (Å²) in [5, 5.41) is 9.34. The Labute approximate surface area is 584 Å². The maximum atomic E-state index is 12.3. The van der Waals surface area contributed by atoms with Gasteiger partial charge in [-0.1, -0.05) is 91.5 Å². The van der Waals surface area contributed by atoms with Crippen LogP contribution in [0.5, 0.6) is 5.75 Å². The lowest BCUT2D eigenvalue weighted by Gasteiger charge is -2.39. The second-order valence-electron chi connectivity index (χ2n) is 27.6. The first kappa shape index (κ1) is 83.0. The number of benzene rings is 3. The molecule has 1 atom stereocenters. The first-order valence-corrected chi connectivity index (χ1v) is 42.5. The molecule has 3 aromatic rings. The van der Waals surface area contributed by atoms with Gasteiger partial charge >= 0.3 is 0 Å². The van der Waals surface area contributed by atoms with Crippen LogP contribution < -0.4 is 9.64 Å². The number of fused-ring (bicyclic) bond motifs is 2. The van der Waals surface area contributed by atoms with Gasteiger partial charge in [0.25, 0.3) is 20.2 Å². The third kappa shape index (κ3) is 24.5. The van der Waals surface area contributed by atoms with E-state index in [0.29, 0.717) is 99.2 Å². The average molecular weight is 1440 g/mol. The van der Waals surface area contributed by atoms with Crippen LogP contribution in [-0.2, 0) is 55.8 Å². The van der Waals surface area contributed by atoms with Crippen molar-refractivity contribution in [1.29, 1.82) is 5.26 Å². The molecule has 3 aliphatic rings. The van der Waals surface area contributed by atoms with Crippen LogP contribution in [0, 0.1) is 11.3 Å². The SMILES string of the molecule is CC(C)N(C(C)C)P(CCC#N)OCCCCOc1cccc(C2=C(C=CC3=[N+](CCCCS(=O)(=O)O)c4ccc(S(=O)(=O)[O-])cc4C3(C)C)CCCC2=CC=C2N(CCCCS(=O)(=O)O)c3ccc(S(=O)(=O)[O-])cc3C2(C)C)c1.CCCC[N+](CCCC)(CCCC)CCCC. The van der Waals surface area contributed by atoms with E-state index < -0.39 is 71.1 Å². The van der Waals surface area contributed by atoms with Crippen molar-refractivity contribution >= 4 is 71.4 Å². The zero-order valence-corrected chi connectivity index (χ0v) is 64.0. The van der Waals surface area contributed by atoms with Crippen LogP contribution >= 0.6 is 8.30 Å². The molecule has 0 amide bonds. The van der Waals surface area contributed by atoms with Crippen molar-refractivity contribution in [2.45, 2.75) is 231 Å². The van der Waals surface area contributed by atoms with Gasteiger partial charge in [-0.2, -0.15) is 26.7 Å². The smallest absolute Gasteiger partial charge is 0.264 e. The van der Waals surface area contributed by atoms with Gasteiger partial charge in [0.15, 0.2) is 5.71 Å². The number of nitrogens with zero attached hydrogens (tertiary/aromatic N) is 5. The van der Waals surface area contributed by atoms with Crippen molar-refractivity contribution in [3.63, 3.8) is 0 Å². The number of anilines is 1. The number of nitriles is 1. The van der Waals surface area contributed by atoms with E-state index in [2.05, 4.69) is 66.1 Å². The number of allylic oxidation sites excluding steroid dienone is 8. The van der Waals surface area contributed by atoms with E-state index in [1.807, 2.05) is 85.7 Å². The summed E-state index contributed by atoms with van der Waals surface area (Å²) in [5.41, 5.74) is 6.03. The average Bonchev–Trinajstić information content (AvgIpc) is 1.60. The Morgan fingerprint density at radius 3 is 1.78 bits per heavy atom. The number of unbranched alkanes of at least 4 members (excludes halogenated alkanes) is 7. The maximum absolute atomic E-state index is 12.3. The Bertz CT molecular complexity index is 3730. The molecule has 97 heavy (non-hydrogen) atoms. The Morgan fingerprint density at radius 1 is 0.680 bits per heavy atom. The van der Waals surface area contributed by atoms with Gasteiger partial charge < -0.3 is 27.7 Å². The molecule has 0 aromatic heterocycles. The van der Waals surface area contributed by atoms with Gasteiger partial charge in [-0.05, 0) is 195 Å². The van der Waals surface area contributed by atoms with Gasteiger partial charge in [0.1, 0.15) is 40.8 Å². The summed E-state index contributed by atoms with van der Waals surface area (Å²) < 4.78 is 158. The summed E-state index contributed by atoms with van der Waals surface area (Å²) in [6.45, 7) is 32.8. The Morgan fingerprint density at radius 2 is 1.24 bits per heavy atom. The Kier molecular flexibility index (Phi) is 32.4. The van der Waals surface area contributed by atoms with E-state index in [4.69, 9.17) is 9.26 Å². The van der Waals surface area contributed by atoms with E-state index in [1.165, 1.54) is 106 Å². The molecule has 2 N–H and O–H groups in total. The van der Waals surface area contributed by atoms with Crippen molar-refractivity contribution in [2.24, 2.45) is 0 Å². The second kappa shape index (κ2) is 37.8. The van der Waals surface area contributed by atoms with Crippen LogP contribution in [0.3, 0.4) is 0 Å². The van der Waals surface area contributed by atoms with Gasteiger partial charge in [0, 0.05) is 72.1 Å². The molecule has 6 rings (SSSR count). The van der Waals surface area contributed by atoms with E-state index in [0.717, 1.165) is 46.5 Å². The lowest BCUT2D eigenvalue weighted by atomic mass is 9.79. The lowest BCUT2D eigenvalue weighted by molar-refractivity contribution is -0.929. The van der Waals surface area contributed by atoms with Crippen molar-refractivity contribution in [2.75, 3.05) is 75.0 Å². The van der Waals surface area contributed by atoms with Crippen LogP contribution in [0.15, 0.2) is 112 Å². The normalized spacial score (nSPS) is 17.0. The molecule has 0 spiro atoms. The molecule has 0 saturated heterocycles. The summed E-state index contributed by atoms with van der Waals surface area (Å²) in [7, 11) is -19.0. The van der Waals surface area contributed by atoms with Crippen LogP contribution in [0.1, 0.15) is 215 Å². The summed E-state index contributed by atoms with van der Waals surface area (Å²) in [6.07, 6.45) is 24.7. The molecular weight excluding hydrogens is 1330 g/mol. The highest BCUT2D eigenvalue weighted by molar-refractivity contribution is 7.86. The van der Waals surface area contributed by atoms with Crippen molar-refractivity contribution in [1.82, 2.24) is 4.67 Å². The first-order valence-electron chi connectivity index (χ1n) is 35.1. The molecule has 2 heterocycles. The minimum absolute atomic E-state index is 0.156. The molecule has 0 fully saturated rings. The summed E-state index contributed by atoms with van der Waals surface area (Å²) >= 11 is 0. The zero-order valence-electron chi connectivity index (χ0n) is 59.9. The molecule has 0 radical (unpaired) electrons. The van der Waals surface area contributed by atoms with E-state index in [9.17, 15) is 57.1 Å². The molecule has 1 unspecified atom stereocenters. The predicted molar refractivity (Wildman–Crippen MR) is 390 cm³/mol. The molecule has 1 aliphatic carbocycles. The highest BCUT2D eigenvalue weighted by atomic mass is 32.2. The molecule has 0 bridgehead atoms. The monoisotopic (exact) mass is 1440 g/mol. The quantitative estimate of drug-likeness (QED) is 0.0176. The van der Waals surface area contributed by atoms with Crippen LogP contribution in [0.25, 0.3) is 5.57 Å². The molecule has 24 heteroatoms. The molecular formula is C73H112N5O14PS4. The standard InChI is InChI=1S/C57H77N4O14PS4.C16H36N/c1-41(2)61(42(3)4)76(35-17-30-58)75-34-12-11-33-74-46-21-16-20-45(38-46)55-43(22-28-53-56(5,6)49-39-47(79(68,69)70)24-26-51(49)59(53)31-9-13-36-77(62,63)64)18-15-19-44(55)23-29-54-57(7,8)50-40-48(80(71,72)73)25-27-52(50)60(54)32-10-14-37-78(65,66)67;1-5-9-13-17(14-10-6-2,15-11-7-3)16-12-8-4/h16,20-29,38-42H,9-15,17-19,31-37H2,1-8H3,(H3-,62,63,64,65,66,67,68,69,70,71,72,73);5-16H2,1-4H3/q;+1/p-1. The molecule has 542 valence electrons. The summed E-state index contributed by atoms with van der Waals surface area (Å²) in [6, 6.07) is 19.1. The minimum Gasteiger partial charge on any atom is -0.744 e. The van der Waals surface area contributed by atoms with Crippen LogP contribution in [0.2, 0.25) is 0 Å². The van der Waals surface area contributed by atoms with Gasteiger partial charge in [-0.25, -0.2) is 16.8 Å². The highest BCUT2D eigenvalue weighted by Crippen LogP contribution is 2.50. The van der Waals surface area contributed by atoms with Crippen molar-refractivity contribution < 1.29 is 70.2 Å². The van der Waals surface area contributed by atoms with Crippen LogP contribution in [-0.4, -0.2) is 154 Å². The molecule has 0 saturated carbocycles. The Hall–Kier alpha value is -4.67. The fourth-order valence-corrected chi connectivity index (χ4v) is 17.9. The number of hydrogen-bond donors (Lipinski definition) is 2. The van der Waals surface area contributed by atoms with Gasteiger partial charge in [0.05, 0.1) is 72.2 Å². The van der Waals surface area contributed by atoms with Crippen molar-refractivity contribution in [3.8, 4) is 11.8 Å². The fourth-order valence-electron chi connectivity index (χ4n) is 13.7. The topological polar surface area (TPSA) is 275 Å². The van der Waals surface area contributed by atoms with E-state index >= 15 is 0 Å². The largest absolute Gasteiger partial charge is 0.744 e. The highest BCUT2D eigenvalue weighted by Gasteiger charge is 2.45. The minimum atomic E-state index is -4.81. The second-order valence-corrected chi connectivity index (χ2v) is 35.4. The number of quaternary nitrogens is 1. The number of ether oxygens (including phenoxy) is 1. The number of hydrogen-bond acceptors (Lipinski definition) is 15. The summed E-state index contributed by atoms with van der Waals surface area (Å²) in [4.78, 5) is 1.24. The fraction of sp³-hybridized carbons (Fsp3) is 0.616. The third-order valence-electron chi connectivity index (χ3n) is 18.6. The lowest BCUT2D eigenvalue weighted by Crippen LogP contribution is -2.50. The van der Waals surface area contributed by atoms with Crippen molar-refractivity contribution in [3.05, 3.63) is 119 Å². The Balaban J connectivity index is 0.000000875. The van der Waals surface area contributed by atoms with E-state index in [1.54, 1.807) is 12.1 Å². The van der Waals surface area contributed by atoms with Gasteiger partial charge in [-0.15, -0.1) is 0 Å².